The number of ether oxygens (including phenoxy) is 2. The fourth-order valence-corrected chi connectivity index (χ4v) is 2.19. The Morgan fingerprint density at radius 3 is 2.59 bits per heavy atom. The Labute approximate surface area is 135 Å². The highest BCUT2D eigenvalue weighted by atomic mass is 35.5. The lowest BCUT2D eigenvalue weighted by atomic mass is 10.1. The van der Waals surface area contributed by atoms with Crippen LogP contribution in [0, 0.1) is 0 Å². The van der Waals surface area contributed by atoms with Crippen LogP contribution in [-0.2, 0) is 0 Å². The number of amides is 1. The number of hydrogen-bond donors (Lipinski definition) is 1. The largest absolute Gasteiger partial charge is 0.493 e. The summed E-state index contributed by atoms with van der Waals surface area (Å²) in [6, 6.07) is 12.4. The van der Waals surface area contributed by atoms with Crippen LogP contribution < -0.4 is 14.8 Å². The van der Waals surface area contributed by atoms with Gasteiger partial charge >= 0.3 is 0 Å². The third-order valence-electron chi connectivity index (χ3n) is 2.97. The molecule has 0 aliphatic rings. The van der Waals surface area contributed by atoms with Gasteiger partial charge in [0, 0.05) is 11.3 Å². The van der Waals surface area contributed by atoms with Crippen molar-refractivity contribution >= 4 is 23.2 Å². The van der Waals surface area contributed by atoms with Crippen LogP contribution >= 0.6 is 11.6 Å². The van der Waals surface area contributed by atoms with Crippen LogP contribution in [0.3, 0.4) is 0 Å². The number of carbonyl (C=O) groups is 1. The van der Waals surface area contributed by atoms with E-state index < -0.39 is 0 Å². The summed E-state index contributed by atoms with van der Waals surface area (Å²) in [5.74, 6) is 0.648. The van der Waals surface area contributed by atoms with E-state index in [0.717, 1.165) is 6.42 Å². The Morgan fingerprint density at radius 2 is 1.95 bits per heavy atom. The van der Waals surface area contributed by atoms with Gasteiger partial charge in [-0.25, -0.2) is 0 Å². The molecule has 4 nitrogen and oxygen atoms in total. The maximum Gasteiger partial charge on any atom is 0.255 e. The maximum absolute atomic E-state index is 12.3. The average Bonchev–Trinajstić information content (AvgIpc) is 2.54. The van der Waals surface area contributed by atoms with Crippen molar-refractivity contribution in [3.05, 3.63) is 53.1 Å². The molecule has 2 aromatic carbocycles. The molecule has 0 aliphatic carbocycles. The minimum absolute atomic E-state index is 0.256. The van der Waals surface area contributed by atoms with E-state index in [4.69, 9.17) is 21.1 Å². The average molecular weight is 320 g/mol. The Kier molecular flexibility index (Phi) is 5.67. The van der Waals surface area contributed by atoms with Crippen molar-refractivity contribution in [1.82, 2.24) is 0 Å². The molecular formula is C17H18ClNO3. The van der Waals surface area contributed by atoms with Gasteiger partial charge < -0.3 is 14.8 Å². The molecule has 5 heteroatoms. The minimum Gasteiger partial charge on any atom is -0.493 e. The first kappa shape index (κ1) is 16.2. The second-order valence-electron chi connectivity index (χ2n) is 4.66. The Hall–Kier alpha value is -2.20. The van der Waals surface area contributed by atoms with Crippen molar-refractivity contribution in [3.63, 3.8) is 0 Å². The summed E-state index contributed by atoms with van der Waals surface area (Å²) in [7, 11) is 1.52. The van der Waals surface area contributed by atoms with E-state index in [1.165, 1.54) is 7.11 Å². The number of rotatable bonds is 6. The highest BCUT2D eigenvalue weighted by Gasteiger charge is 2.16. The maximum atomic E-state index is 12.3. The first-order chi connectivity index (χ1) is 10.7. The van der Waals surface area contributed by atoms with E-state index in [0.29, 0.717) is 34.4 Å². The highest BCUT2D eigenvalue weighted by molar-refractivity contribution is 6.32. The van der Waals surface area contributed by atoms with Gasteiger partial charge in [-0.3, -0.25) is 4.79 Å². The van der Waals surface area contributed by atoms with Gasteiger partial charge in [-0.05, 0) is 30.7 Å². The molecule has 0 radical (unpaired) electrons. The molecule has 0 fully saturated rings. The standard InChI is InChI=1S/C17H18ClNO3/c1-3-9-22-16-14(18)10-12(11-15(16)21-2)17(20)19-13-7-5-4-6-8-13/h4-8,10-11H,3,9H2,1-2H3,(H,19,20). The molecule has 0 heterocycles. The molecule has 1 amide bonds. The quantitative estimate of drug-likeness (QED) is 0.859. The summed E-state index contributed by atoms with van der Waals surface area (Å²) in [5, 5.41) is 3.16. The van der Waals surface area contributed by atoms with E-state index >= 15 is 0 Å². The summed E-state index contributed by atoms with van der Waals surface area (Å²) < 4.78 is 10.8. The normalized spacial score (nSPS) is 10.1. The number of para-hydroxylation sites is 1. The minimum atomic E-state index is -0.256. The van der Waals surface area contributed by atoms with Crippen LogP contribution in [0.5, 0.6) is 11.5 Å². The van der Waals surface area contributed by atoms with Crippen molar-refractivity contribution in [3.8, 4) is 11.5 Å². The van der Waals surface area contributed by atoms with Gasteiger partial charge in [-0.15, -0.1) is 0 Å². The Balaban J connectivity index is 2.24. The first-order valence-corrected chi connectivity index (χ1v) is 7.40. The monoisotopic (exact) mass is 319 g/mol. The number of methoxy groups -OCH3 is 1. The molecule has 2 rings (SSSR count). The van der Waals surface area contributed by atoms with E-state index in [-0.39, 0.29) is 5.91 Å². The number of hydrogen-bond acceptors (Lipinski definition) is 3. The van der Waals surface area contributed by atoms with Gasteiger partial charge in [-0.1, -0.05) is 36.7 Å². The second-order valence-corrected chi connectivity index (χ2v) is 5.07. The number of benzene rings is 2. The van der Waals surface area contributed by atoms with E-state index in [1.54, 1.807) is 12.1 Å². The van der Waals surface area contributed by atoms with Gasteiger partial charge in [-0.2, -0.15) is 0 Å². The van der Waals surface area contributed by atoms with Crippen LogP contribution in [0.25, 0.3) is 0 Å². The summed E-state index contributed by atoms with van der Waals surface area (Å²) in [4.78, 5) is 12.3. The predicted octanol–water partition coefficient (Wildman–Crippen LogP) is 4.39. The number of anilines is 1. The van der Waals surface area contributed by atoms with E-state index in [1.807, 2.05) is 37.3 Å². The third-order valence-corrected chi connectivity index (χ3v) is 3.25. The van der Waals surface area contributed by atoms with Crippen LogP contribution in [-0.4, -0.2) is 19.6 Å². The van der Waals surface area contributed by atoms with Crippen LogP contribution in [0.2, 0.25) is 5.02 Å². The number of carbonyl (C=O) groups excluding carboxylic acids is 1. The zero-order valence-electron chi connectivity index (χ0n) is 12.6. The number of halogens is 1. The van der Waals surface area contributed by atoms with Crippen molar-refractivity contribution < 1.29 is 14.3 Å². The van der Waals surface area contributed by atoms with Gasteiger partial charge in [0.2, 0.25) is 0 Å². The van der Waals surface area contributed by atoms with Crippen LogP contribution in [0.15, 0.2) is 42.5 Å². The molecule has 0 saturated carbocycles. The molecule has 22 heavy (non-hydrogen) atoms. The first-order valence-electron chi connectivity index (χ1n) is 7.02. The predicted molar refractivity (Wildman–Crippen MR) is 88.2 cm³/mol. The van der Waals surface area contributed by atoms with Crippen molar-refractivity contribution in [2.24, 2.45) is 0 Å². The van der Waals surface area contributed by atoms with Gasteiger partial charge in [0.05, 0.1) is 18.7 Å². The second kappa shape index (κ2) is 7.71. The highest BCUT2D eigenvalue weighted by Crippen LogP contribution is 2.36. The van der Waals surface area contributed by atoms with Gasteiger partial charge in [0.15, 0.2) is 11.5 Å². The van der Waals surface area contributed by atoms with Crippen LogP contribution in [0.1, 0.15) is 23.7 Å². The summed E-state index contributed by atoms with van der Waals surface area (Å²) >= 11 is 6.21. The molecule has 0 bridgehead atoms. The molecule has 0 aromatic heterocycles. The van der Waals surface area contributed by atoms with E-state index in [9.17, 15) is 4.79 Å². The molecule has 1 N–H and O–H groups in total. The van der Waals surface area contributed by atoms with Gasteiger partial charge in [0.1, 0.15) is 0 Å². The molecular weight excluding hydrogens is 302 g/mol. The SMILES string of the molecule is CCCOc1c(Cl)cc(C(=O)Nc2ccccc2)cc1OC. The van der Waals surface area contributed by atoms with Crippen LogP contribution in [0.4, 0.5) is 5.69 Å². The third kappa shape index (κ3) is 3.92. The molecule has 0 aliphatic heterocycles. The topological polar surface area (TPSA) is 47.6 Å². The fourth-order valence-electron chi connectivity index (χ4n) is 1.92. The summed E-state index contributed by atoms with van der Waals surface area (Å²) in [6.45, 7) is 2.54. The molecule has 0 atom stereocenters. The lowest BCUT2D eigenvalue weighted by molar-refractivity contribution is 0.102. The van der Waals surface area contributed by atoms with E-state index in [2.05, 4.69) is 5.32 Å². The van der Waals surface area contributed by atoms with Gasteiger partial charge in [0.25, 0.3) is 5.91 Å². The Morgan fingerprint density at radius 1 is 1.23 bits per heavy atom. The lowest BCUT2D eigenvalue weighted by Crippen LogP contribution is -2.12. The van der Waals surface area contributed by atoms with Crippen molar-refractivity contribution in [1.29, 1.82) is 0 Å². The zero-order chi connectivity index (χ0) is 15.9. The smallest absolute Gasteiger partial charge is 0.255 e. The molecule has 2 aromatic rings. The number of nitrogens with one attached hydrogen (secondary N) is 1. The molecule has 0 unspecified atom stereocenters. The molecule has 0 spiro atoms. The fraction of sp³-hybridized carbons (Fsp3) is 0.235. The Bertz CT molecular complexity index is 644. The molecule has 0 saturated heterocycles. The summed E-state index contributed by atoms with van der Waals surface area (Å²) in [5.41, 5.74) is 1.13. The zero-order valence-corrected chi connectivity index (χ0v) is 13.3. The lowest BCUT2D eigenvalue weighted by Gasteiger charge is -2.13. The summed E-state index contributed by atoms with van der Waals surface area (Å²) in [6.07, 6.45) is 0.857. The van der Waals surface area contributed by atoms with Crippen molar-refractivity contribution in [2.45, 2.75) is 13.3 Å². The molecule has 116 valence electrons. The van der Waals surface area contributed by atoms with Crippen molar-refractivity contribution in [2.75, 3.05) is 19.0 Å².